The zero-order chi connectivity index (χ0) is 17.1. The molecule has 1 aromatic carbocycles. The van der Waals surface area contributed by atoms with Crippen LogP contribution in [0.4, 0.5) is 16.2 Å². The first-order valence-corrected chi connectivity index (χ1v) is 9.23. The van der Waals surface area contributed by atoms with Crippen LogP contribution in [0, 0.1) is 5.41 Å². The Morgan fingerprint density at radius 1 is 1.22 bits per heavy atom. The summed E-state index contributed by atoms with van der Waals surface area (Å²) in [5.74, 6) is 2.37. The zero-order valence-electron chi connectivity index (χ0n) is 14.7. The molecule has 1 saturated heterocycles. The van der Waals surface area contributed by atoms with E-state index in [1.807, 2.05) is 56.8 Å². The third-order valence-electron chi connectivity index (χ3n) is 3.51. The molecule has 0 aromatic heterocycles. The molecule has 1 heterocycles. The van der Waals surface area contributed by atoms with Crippen LogP contribution in [-0.4, -0.2) is 29.2 Å². The van der Waals surface area contributed by atoms with E-state index in [1.165, 1.54) is 12.2 Å². The molecular formula is C18H28N2O2S. The Morgan fingerprint density at radius 2 is 1.83 bits per heavy atom. The average molecular weight is 337 g/mol. The summed E-state index contributed by atoms with van der Waals surface area (Å²) in [6.45, 7) is 10.2. The van der Waals surface area contributed by atoms with Crippen LogP contribution in [0.25, 0.3) is 0 Å². The predicted octanol–water partition coefficient (Wildman–Crippen LogP) is 4.98. The maximum Gasteiger partial charge on any atom is 0.412 e. The summed E-state index contributed by atoms with van der Waals surface area (Å²) in [5.41, 5.74) is 1.72. The van der Waals surface area contributed by atoms with Crippen LogP contribution in [-0.2, 0) is 4.74 Å². The van der Waals surface area contributed by atoms with Crippen molar-refractivity contribution >= 4 is 29.2 Å². The van der Waals surface area contributed by atoms with Gasteiger partial charge in [0, 0.05) is 23.2 Å². The van der Waals surface area contributed by atoms with Gasteiger partial charge in [0.15, 0.2) is 0 Å². The summed E-state index contributed by atoms with van der Waals surface area (Å²) in [6, 6.07) is 8.28. The SMILES string of the molecule is CC1(C)CSCC(Nc2ccc(NC(=O)OC(C)(C)C)cc2)C1. The molecule has 5 heteroatoms. The molecule has 2 N–H and O–H groups in total. The van der Waals surface area contributed by atoms with E-state index in [0.29, 0.717) is 11.5 Å². The monoisotopic (exact) mass is 336 g/mol. The number of amides is 1. The van der Waals surface area contributed by atoms with Gasteiger partial charge in [0.1, 0.15) is 5.60 Å². The van der Waals surface area contributed by atoms with Gasteiger partial charge in [-0.1, -0.05) is 13.8 Å². The van der Waals surface area contributed by atoms with Crippen molar-refractivity contribution in [2.24, 2.45) is 5.41 Å². The number of nitrogens with one attached hydrogen (secondary N) is 2. The first kappa shape index (κ1) is 18.0. The fourth-order valence-corrected chi connectivity index (χ4v) is 3.94. The fourth-order valence-electron chi connectivity index (χ4n) is 2.66. The van der Waals surface area contributed by atoms with Crippen molar-refractivity contribution in [3.8, 4) is 0 Å². The summed E-state index contributed by atoms with van der Waals surface area (Å²) < 4.78 is 5.25. The molecule has 1 aliphatic heterocycles. The Labute approximate surface area is 143 Å². The molecule has 2 rings (SSSR count). The van der Waals surface area contributed by atoms with Crippen molar-refractivity contribution in [2.75, 3.05) is 22.1 Å². The number of carbonyl (C=O) groups is 1. The number of ether oxygens (including phenoxy) is 1. The van der Waals surface area contributed by atoms with Gasteiger partial charge in [-0.05, 0) is 62.6 Å². The molecule has 1 aromatic rings. The highest BCUT2D eigenvalue weighted by molar-refractivity contribution is 7.99. The molecule has 1 aliphatic rings. The Hall–Kier alpha value is -1.36. The number of hydrogen-bond donors (Lipinski definition) is 2. The molecule has 0 bridgehead atoms. The Morgan fingerprint density at radius 3 is 2.39 bits per heavy atom. The maximum atomic E-state index is 11.7. The standard InChI is InChI=1S/C18H28N2O2S/c1-17(2,3)22-16(21)20-14-8-6-13(7-9-14)19-15-10-18(4,5)12-23-11-15/h6-9,15,19H,10-12H2,1-5H3,(H,20,21). The summed E-state index contributed by atoms with van der Waals surface area (Å²) in [6.07, 6.45) is 0.751. The van der Waals surface area contributed by atoms with E-state index in [2.05, 4.69) is 24.5 Å². The van der Waals surface area contributed by atoms with Crippen molar-refractivity contribution in [2.45, 2.75) is 52.7 Å². The van der Waals surface area contributed by atoms with Crippen molar-refractivity contribution in [1.82, 2.24) is 0 Å². The summed E-state index contributed by atoms with van der Waals surface area (Å²) in [5, 5.41) is 6.34. The molecule has 4 nitrogen and oxygen atoms in total. The van der Waals surface area contributed by atoms with Crippen molar-refractivity contribution < 1.29 is 9.53 Å². The van der Waals surface area contributed by atoms with Gasteiger partial charge in [0.25, 0.3) is 0 Å². The van der Waals surface area contributed by atoms with Crippen LogP contribution < -0.4 is 10.6 Å². The minimum Gasteiger partial charge on any atom is -0.444 e. The number of thioether (sulfide) groups is 1. The van der Waals surface area contributed by atoms with Crippen LogP contribution in [0.1, 0.15) is 41.0 Å². The van der Waals surface area contributed by atoms with Crippen LogP contribution in [0.15, 0.2) is 24.3 Å². The normalized spacial score (nSPS) is 20.7. The number of rotatable bonds is 3. The summed E-state index contributed by atoms with van der Waals surface area (Å²) in [7, 11) is 0. The van der Waals surface area contributed by atoms with Crippen LogP contribution in [0.5, 0.6) is 0 Å². The number of carbonyl (C=O) groups excluding carboxylic acids is 1. The second-order valence-electron chi connectivity index (χ2n) is 7.93. The Balaban J connectivity index is 1.88. The number of anilines is 2. The first-order valence-electron chi connectivity index (χ1n) is 8.07. The molecular weight excluding hydrogens is 308 g/mol. The lowest BCUT2D eigenvalue weighted by molar-refractivity contribution is 0.0636. The lowest BCUT2D eigenvalue weighted by Crippen LogP contribution is -2.35. The van der Waals surface area contributed by atoms with E-state index in [9.17, 15) is 4.79 Å². The van der Waals surface area contributed by atoms with E-state index in [1.54, 1.807) is 0 Å². The Bertz CT molecular complexity index is 535. The first-order chi connectivity index (χ1) is 10.6. The van der Waals surface area contributed by atoms with Gasteiger partial charge in [-0.3, -0.25) is 5.32 Å². The van der Waals surface area contributed by atoms with Gasteiger partial charge in [0.05, 0.1) is 0 Å². The van der Waals surface area contributed by atoms with E-state index >= 15 is 0 Å². The molecule has 1 amide bonds. The molecule has 1 unspecified atom stereocenters. The van der Waals surface area contributed by atoms with E-state index in [0.717, 1.165) is 17.1 Å². The van der Waals surface area contributed by atoms with Crippen molar-refractivity contribution in [3.05, 3.63) is 24.3 Å². The topological polar surface area (TPSA) is 50.4 Å². The molecule has 1 fully saturated rings. The van der Waals surface area contributed by atoms with Gasteiger partial charge >= 0.3 is 6.09 Å². The van der Waals surface area contributed by atoms with Gasteiger partial charge in [-0.25, -0.2) is 4.79 Å². The largest absolute Gasteiger partial charge is 0.444 e. The zero-order valence-corrected chi connectivity index (χ0v) is 15.5. The molecule has 0 spiro atoms. The lowest BCUT2D eigenvalue weighted by Gasteiger charge is -2.35. The van der Waals surface area contributed by atoms with E-state index < -0.39 is 11.7 Å². The van der Waals surface area contributed by atoms with Gasteiger partial charge in [-0.2, -0.15) is 11.8 Å². The van der Waals surface area contributed by atoms with Gasteiger partial charge in [0.2, 0.25) is 0 Å². The maximum absolute atomic E-state index is 11.7. The number of hydrogen-bond acceptors (Lipinski definition) is 4. The molecule has 128 valence electrons. The molecule has 0 saturated carbocycles. The smallest absolute Gasteiger partial charge is 0.412 e. The lowest BCUT2D eigenvalue weighted by atomic mass is 9.88. The number of benzene rings is 1. The predicted molar refractivity (Wildman–Crippen MR) is 99.4 cm³/mol. The fraction of sp³-hybridized carbons (Fsp3) is 0.611. The van der Waals surface area contributed by atoms with E-state index in [-0.39, 0.29) is 0 Å². The highest BCUT2D eigenvalue weighted by atomic mass is 32.2. The highest BCUT2D eigenvalue weighted by Gasteiger charge is 2.28. The van der Waals surface area contributed by atoms with Crippen LogP contribution in [0.2, 0.25) is 0 Å². The Kier molecular flexibility index (Phi) is 5.50. The summed E-state index contributed by atoms with van der Waals surface area (Å²) in [4.78, 5) is 11.7. The second-order valence-corrected chi connectivity index (χ2v) is 8.96. The summed E-state index contributed by atoms with van der Waals surface area (Å²) >= 11 is 2.01. The van der Waals surface area contributed by atoms with Crippen LogP contribution in [0.3, 0.4) is 0 Å². The molecule has 1 atom stereocenters. The second kappa shape index (κ2) is 7.04. The van der Waals surface area contributed by atoms with Gasteiger partial charge < -0.3 is 10.1 Å². The molecule has 0 aliphatic carbocycles. The van der Waals surface area contributed by atoms with Crippen molar-refractivity contribution in [1.29, 1.82) is 0 Å². The molecule has 23 heavy (non-hydrogen) atoms. The third kappa shape index (κ3) is 6.34. The average Bonchev–Trinajstić information content (AvgIpc) is 2.37. The van der Waals surface area contributed by atoms with E-state index in [4.69, 9.17) is 4.74 Å². The minimum absolute atomic E-state index is 0.388. The molecule has 0 radical (unpaired) electrons. The quantitative estimate of drug-likeness (QED) is 0.817. The van der Waals surface area contributed by atoms with Gasteiger partial charge in [-0.15, -0.1) is 0 Å². The van der Waals surface area contributed by atoms with Crippen LogP contribution >= 0.6 is 11.8 Å². The highest BCUT2D eigenvalue weighted by Crippen LogP contribution is 2.34. The third-order valence-corrected chi connectivity index (χ3v) is 5.14. The minimum atomic E-state index is -0.489. The van der Waals surface area contributed by atoms with Crippen molar-refractivity contribution in [3.63, 3.8) is 0 Å².